The quantitative estimate of drug-likeness (QED) is 0.507. The van der Waals surface area contributed by atoms with E-state index in [9.17, 15) is 14.0 Å². The molecule has 0 aliphatic heterocycles. The SMILES string of the molecule is C/C(CC(=O)NCc1ccc(F)cc1)=N\NC(=O)c1cccc2ccccc12. The molecule has 0 atom stereocenters. The second-order valence-electron chi connectivity index (χ2n) is 6.39. The number of carbonyl (C=O) groups is 2. The van der Waals surface area contributed by atoms with Crippen LogP contribution in [0.15, 0.2) is 71.8 Å². The number of nitrogens with zero attached hydrogens (tertiary/aromatic N) is 1. The fourth-order valence-corrected chi connectivity index (χ4v) is 2.77. The number of hydrazone groups is 1. The molecule has 142 valence electrons. The summed E-state index contributed by atoms with van der Waals surface area (Å²) in [5, 5.41) is 8.57. The summed E-state index contributed by atoms with van der Waals surface area (Å²) in [6, 6.07) is 19.0. The van der Waals surface area contributed by atoms with E-state index in [1.54, 1.807) is 25.1 Å². The minimum atomic E-state index is -0.331. The highest BCUT2D eigenvalue weighted by molar-refractivity contribution is 6.07. The van der Waals surface area contributed by atoms with Gasteiger partial charge in [0.05, 0.1) is 6.42 Å². The molecule has 0 bridgehead atoms. The summed E-state index contributed by atoms with van der Waals surface area (Å²) in [7, 11) is 0. The minimum Gasteiger partial charge on any atom is -0.352 e. The van der Waals surface area contributed by atoms with Crippen molar-refractivity contribution in [3.8, 4) is 0 Å². The van der Waals surface area contributed by atoms with E-state index in [2.05, 4.69) is 15.8 Å². The molecule has 28 heavy (non-hydrogen) atoms. The first-order valence-electron chi connectivity index (χ1n) is 8.85. The third kappa shape index (κ3) is 5.01. The molecule has 0 saturated heterocycles. The highest BCUT2D eigenvalue weighted by atomic mass is 19.1. The highest BCUT2D eigenvalue weighted by Crippen LogP contribution is 2.18. The van der Waals surface area contributed by atoms with E-state index in [0.29, 0.717) is 17.8 Å². The number of rotatable bonds is 6. The number of carbonyl (C=O) groups excluding carboxylic acids is 2. The molecular weight excluding hydrogens is 357 g/mol. The zero-order valence-corrected chi connectivity index (χ0v) is 15.4. The number of fused-ring (bicyclic) bond motifs is 1. The predicted octanol–water partition coefficient (Wildman–Crippen LogP) is 3.79. The molecule has 0 aliphatic carbocycles. The van der Waals surface area contributed by atoms with E-state index >= 15 is 0 Å². The van der Waals surface area contributed by atoms with Gasteiger partial charge in [-0.05, 0) is 41.5 Å². The summed E-state index contributed by atoms with van der Waals surface area (Å²) in [6.07, 6.45) is 0.0526. The maximum Gasteiger partial charge on any atom is 0.271 e. The van der Waals surface area contributed by atoms with Gasteiger partial charge in [-0.1, -0.05) is 48.5 Å². The third-order valence-corrected chi connectivity index (χ3v) is 4.20. The maximum atomic E-state index is 12.9. The van der Waals surface area contributed by atoms with Crippen LogP contribution in [0, 0.1) is 5.82 Å². The monoisotopic (exact) mass is 377 g/mol. The van der Waals surface area contributed by atoms with Crippen molar-refractivity contribution in [3.63, 3.8) is 0 Å². The molecule has 2 amide bonds. The van der Waals surface area contributed by atoms with Crippen LogP contribution in [0.1, 0.15) is 29.3 Å². The Kier molecular flexibility index (Phi) is 6.11. The van der Waals surface area contributed by atoms with Crippen LogP contribution >= 0.6 is 0 Å². The van der Waals surface area contributed by atoms with Crippen molar-refractivity contribution in [1.29, 1.82) is 0 Å². The Morgan fingerprint density at radius 2 is 1.68 bits per heavy atom. The van der Waals surface area contributed by atoms with Gasteiger partial charge < -0.3 is 5.32 Å². The van der Waals surface area contributed by atoms with Crippen LogP contribution in [0.3, 0.4) is 0 Å². The molecule has 0 saturated carbocycles. The van der Waals surface area contributed by atoms with Crippen LogP contribution in [-0.2, 0) is 11.3 Å². The van der Waals surface area contributed by atoms with Crippen LogP contribution in [0.4, 0.5) is 4.39 Å². The van der Waals surface area contributed by atoms with E-state index in [0.717, 1.165) is 16.3 Å². The van der Waals surface area contributed by atoms with Crippen LogP contribution < -0.4 is 10.7 Å². The summed E-state index contributed by atoms with van der Waals surface area (Å²) < 4.78 is 12.9. The number of hydrogen-bond acceptors (Lipinski definition) is 3. The van der Waals surface area contributed by atoms with Crippen molar-refractivity contribution in [2.45, 2.75) is 19.9 Å². The molecule has 3 rings (SSSR count). The molecule has 0 fully saturated rings. The second kappa shape index (κ2) is 8.90. The smallest absolute Gasteiger partial charge is 0.271 e. The Hall–Kier alpha value is -3.54. The Labute approximate surface area is 162 Å². The minimum absolute atomic E-state index is 0.0526. The zero-order chi connectivity index (χ0) is 19.9. The first-order chi connectivity index (χ1) is 13.5. The molecule has 6 heteroatoms. The lowest BCUT2D eigenvalue weighted by molar-refractivity contribution is -0.120. The fraction of sp³-hybridized carbons (Fsp3) is 0.136. The normalized spacial score (nSPS) is 11.3. The standard InChI is InChI=1S/C22H20FN3O2/c1-15(13-21(27)24-14-16-9-11-18(23)12-10-16)25-26-22(28)20-8-4-6-17-5-2-3-7-19(17)20/h2-12H,13-14H2,1H3,(H,24,27)(H,26,28)/b25-15+. The molecule has 3 aromatic carbocycles. The van der Waals surface area contributed by atoms with Crippen molar-refractivity contribution < 1.29 is 14.0 Å². The Morgan fingerprint density at radius 1 is 0.964 bits per heavy atom. The molecule has 0 unspecified atom stereocenters. The van der Waals surface area contributed by atoms with E-state index in [4.69, 9.17) is 0 Å². The molecular formula is C22H20FN3O2. The molecule has 0 aromatic heterocycles. The molecule has 3 aromatic rings. The molecule has 0 heterocycles. The number of nitrogens with one attached hydrogen (secondary N) is 2. The van der Waals surface area contributed by atoms with Crippen LogP contribution in [0.5, 0.6) is 0 Å². The van der Waals surface area contributed by atoms with E-state index in [1.165, 1.54) is 12.1 Å². The molecule has 0 spiro atoms. The summed E-state index contributed by atoms with van der Waals surface area (Å²) >= 11 is 0. The maximum absolute atomic E-state index is 12.9. The van der Waals surface area contributed by atoms with E-state index < -0.39 is 0 Å². The summed E-state index contributed by atoms with van der Waals surface area (Å²) in [5.41, 5.74) is 4.30. The van der Waals surface area contributed by atoms with E-state index in [1.807, 2.05) is 36.4 Å². The van der Waals surface area contributed by atoms with Gasteiger partial charge in [0.2, 0.25) is 5.91 Å². The summed E-state index contributed by atoms with van der Waals surface area (Å²) in [5.74, 6) is -0.882. The molecule has 2 N–H and O–H groups in total. The van der Waals surface area contributed by atoms with Gasteiger partial charge in [-0.3, -0.25) is 9.59 Å². The van der Waals surface area contributed by atoms with Crippen molar-refractivity contribution >= 4 is 28.3 Å². The highest BCUT2D eigenvalue weighted by Gasteiger charge is 2.10. The first kappa shape index (κ1) is 19.2. The molecule has 5 nitrogen and oxygen atoms in total. The van der Waals surface area contributed by atoms with Gasteiger partial charge in [-0.15, -0.1) is 0 Å². The predicted molar refractivity (Wildman–Crippen MR) is 107 cm³/mol. The van der Waals surface area contributed by atoms with Crippen molar-refractivity contribution in [1.82, 2.24) is 10.7 Å². The Bertz CT molecular complexity index is 1020. The lowest BCUT2D eigenvalue weighted by Gasteiger charge is -2.07. The van der Waals surface area contributed by atoms with Crippen molar-refractivity contribution in [3.05, 3.63) is 83.7 Å². The molecule has 0 radical (unpaired) electrons. The number of halogens is 1. The lowest BCUT2D eigenvalue weighted by Crippen LogP contribution is -2.26. The lowest BCUT2D eigenvalue weighted by atomic mass is 10.0. The fourth-order valence-electron chi connectivity index (χ4n) is 2.77. The largest absolute Gasteiger partial charge is 0.352 e. The van der Waals surface area contributed by atoms with Gasteiger partial charge in [0.25, 0.3) is 5.91 Å². The first-order valence-corrected chi connectivity index (χ1v) is 8.85. The Balaban J connectivity index is 1.55. The molecule has 0 aliphatic rings. The number of benzene rings is 3. The topological polar surface area (TPSA) is 70.6 Å². The van der Waals surface area contributed by atoms with Gasteiger partial charge in [0.15, 0.2) is 0 Å². The van der Waals surface area contributed by atoms with Gasteiger partial charge in [0, 0.05) is 17.8 Å². The Morgan fingerprint density at radius 3 is 2.46 bits per heavy atom. The summed E-state index contributed by atoms with van der Waals surface area (Å²) in [4.78, 5) is 24.4. The zero-order valence-electron chi connectivity index (χ0n) is 15.4. The second-order valence-corrected chi connectivity index (χ2v) is 6.39. The van der Waals surface area contributed by atoms with Crippen LogP contribution in [-0.4, -0.2) is 17.5 Å². The van der Waals surface area contributed by atoms with Gasteiger partial charge >= 0.3 is 0 Å². The number of amides is 2. The van der Waals surface area contributed by atoms with Crippen molar-refractivity contribution in [2.24, 2.45) is 5.10 Å². The van der Waals surface area contributed by atoms with Crippen LogP contribution in [0.25, 0.3) is 10.8 Å². The average Bonchev–Trinajstić information content (AvgIpc) is 2.71. The van der Waals surface area contributed by atoms with Crippen molar-refractivity contribution in [2.75, 3.05) is 0 Å². The van der Waals surface area contributed by atoms with Gasteiger partial charge in [-0.25, -0.2) is 9.82 Å². The summed E-state index contributed by atoms with van der Waals surface area (Å²) in [6.45, 7) is 1.97. The van der Waals surface area contributed by atoms with E-state index in [-0.39, 0.29) is 24.1 Å². The number of hydrogen-bond donors (Lipinski definition) is 2. The average molecular weight is 377 g/mol. The van der Waals surface area contributed by atoms with Crippen LogP contribution in [0.2, 0.25) is 0 Å². The third-order valence-electron chi connectivity index (χ3n) is 4.20. The van der Waals surface area contributed by atoms with Gasteiger partial charge in [-0.2, -0.15) is 5.10 Å². The van der Waals surface area contributed by atoms with Gasteiger partial charge in [0.1, 0.15) is 5.82 Å².